The van der Waals surface area contributed by atoms with Gasteiger partial charge in [0.05, 0.1) is 12.7 Å². The van der Waals surface area contributed by atoms with Crippen molar-refractivity contribution in [2.75, 3.05) is 17.6 Å². The van der Waals surface area contributed by atoms with Gasteiger partial charge in [-0.15, -0.1) is 0 Å². The minimum absolute atomic E-state index is 0.200. The lowest BCUT2D eigenvalue weighted by Gasteiger charge is -2.07. The second kappa shape index (κ2) is 4.80. The summed E-state index contributed by atoms with van der Waals surface area (Å²) in [4.78, 5) is 7.76. The maximum atomic E-state index is 5.89. The average Bonchev–Trinajstić information content (AvgIpc) is 2.76. The molecule has 0 aliphatic rings. The SMILES string of the molecule is Nc1ncc(Cl)c(NCCn2cccn2)n1. The zero-order valence-electron chi connectivity index (χ0n) is 8.47. The molecule has 0 aromatic carbocycles. The van der Waals surface area contributed by atoms with E-state index in [0.717, 1.165) is 6.54 Å². The van der Waals surface area contributed by atoms with Gasteiger partial charge >= 0.3 is 0 Å². The molecule has 0 aliphatic heterocycles. The van der Waals surface area contributed by atoms with Crippen molar-refractivity contribution < 1.29 is 0 Å². The highest BCUT2D eigenvalue weighted by molar-refractivity contribution is 6.32. The lowest BCUT2D eigenvalue weighted by Crippen LogP contribution is -2.12. The minimum atomic E-state index is 0.200. The Balaban J connectivity index is 1.92. The van der Waals surface area contributed by atoms with Gasteiger partial charge in [-0.3, -0.25) is 4.68 Å². The number of nitrogen functional groups attached to an aromatic ring is 1. The van der Waals surface area contributed by atoms with Gasteiger partial charge in [0.15, 0.2) is 5.82 Å². The van der Waals surface area contributed by atoms with Crippen LogP contribution in [0.4, 0.5) is 11.8 Å². The molecule has 0 bridgehead atoms. The lowest BCUT2D eigenvalue weighted by atomic mass is 10.5. The van der Waals surface area contributed by atoms with Crippen LogP contribution in [0, 0.1) is 0 Å². The quantitative estimate of drug-likeness (QED) is 0.831. The molecule has 0 saturated carbocycles. The van der Waals surface area contributed by atoms with Crippen LogP contribution in [0.1, 0.15) is 0 Å². The van der Waals surface area contributed by atoms with Crippen LogP contribution in [0.5, 0.6) is 0 Å². The normalized spacial score (nSPS) is 10.3. The summed E-state index contributed by atoms with van der Waals surface area (Å²) in [6.45, 7) is 1.39. The lowest BCUT2D eigenvalue weighted by molar-refractivity contribution is 0.637. The van der Waals surface area contributed by atoms with E-state index in [-0.39, 0.29) is 5.95 Å². The highest BCUT2D eigenvalue weighted by atomic mass is 35.5. The molecular weight excluding hydrogens is 228 g/mol. The molecule has 0 saturated heterocycles. The highest BCUT2D eigenvalue weighted by Crippen LogP contribution is 2.17. The molecule has 2 heterocycles. The van der Waals surface area contributed by atoms with Crippen molar-refractivity contribution in [2.45, 2.75) is 6.54 Å². The van der Waals surface area contributed by atoms with E-state index in [1.807, 2.05) is 16.9 Å². The summed E-state index contributed by atoms with van der Waals surface area (Å²) in [7, 11) is 0. The molecule has 0 atom stereocenters. The number of nitrogens with one attached hydrogen (secondary N) is 1. The van der Waals surface area contributed by atoms with Crippen molar-refractivity contribution in [3.05, 3.63) is 29.7 Å². The molecule has 3 N–H and O–H groups in total. The standard InChI is InChI=1S/C9H11ClN6/c10-7-6-13-9(11)15-8(7)12-3-5-16-4-1-2-14-16/h1-2,4,6H,3,5H2,(H3,11,12,13,15). The van der Waals surface area contributed by atoms with Gasteiger partial charge in [-0.2, -0.15) is 10.1 Å². The topological polar surface area (TPSA) is 81.6 Å². The zero-order chi connectivity index (χ0) is 11.4. The Bertz CT molecular complexity index is 455. The Kier molecular flexibility index (Phi) is 3.21. The van der Waals surface area contributed by atoms with E-state index >= 15 is 0 Å². The van der Waals surface area contributed by atoms with Gasteiger partial charge in [-0.25, -0.2) is 4.98 Å². The molecular formula is C9H11ClN6. The molecule has 16 heavy (non-hydrogen) atoms. The molecule has 2 rings (SSSR count). The van der Waals surface area contributed by atoms with Crippen molar-refractivity contribution in [3.63, 3.8) is 0 Å². The number of nitrogens with zero attached hydrogens (tertiary/aromatic N) is 4. The smallest absolute Gasteiger partial charge is 0.222 e. The average molecular weight is 239 g/mol. The van der Waals surface area contributed by atoms with Crippen LogP contribution >= 0.6 is 11.6 Å². The maximum absolute atomic E-state index is 5.89. The second-order valence-corrected chi connectivity index (χ2v) is 3.53. The van der Waals surface area contributed by atoms with E-state index in [2.05, 4.69) is 20.4 Å². The Morgan fingerprint density at radius 1 is 1.50 bits per heavy atom. The molecule has 2 aromatic heterocycles. The summed E-state index contributed by atoms with van der Waals surface area (Å²) < 4.78 is 1.81. The van der Waals surface area contributed by atoms with Gasteiger partial charge in [-0.1, -0.05) is 11.6 Å². The zero-order valence-corrected chi connectivity index (χ0v) is 9.22. The third kappa shape index (κ3) is 2.60. The molecule has 0 radical (unpaired) electrons. The van der Waals surface area contributed by atoms with Gasteiger partial charge in [0, 0.05) is 18.9 Å². The summed E-state index contributed by atoms with van der Waals surface area (Å²) in [5.74, 6) is 0.743. The Hall–Kier alpha value is -1.82. The number of halogens is 1. The summed E-state index contributed by atoms with van der Waals surface area (Å²) in [5, 5.41) is 7.60. The largest absolute Gasteiger partial charge is 0.368 e. The Morgan fingerprint density at radius 3 is 3.12 bits per heavy atom. The van der Waals surface area contributed by atoms with E-state index < -0.39 is 0 Å². The van der Waals surface area contributed by atoms with Crippen LogP contribution in [0.15, 0.2) is 24.7 Å². The van der Waals surface area contributed by atoms with Crippen LogP contribution in [0.25, 0.3) is 0 Å². The first-order valence-electron chi connectivity index (χ1n) is 4.75. The summed E-state index contributed by atoms with van der Waals surface area (Å²) in [6.07, 6.45) is 5.09. The molecule has 0 spiro atoms. The van der Waals surface area contributed by atoms with Crippen molar-refractivity contribution in [3.8, 4) is 0 Å². The molecule has 84 valence electrons. The number of hydrogen-bond acceptors (Lipinski definition) is 5. The van der Waals surface area contributed by atoms with Crippen LogP contribution < -0.4 is 11.1 Å². The minimum Gasteiger partial charge on any atom is -0.368 e. The van der Waals surface area contributed by atoms with E-state index in [1.54, 1.807) is 6.20 Å². The van der Waals surface area contributed by atoms with E-state index in [1.165, 1.54) is 6.20 Å². The van der Waals surface area contributed by atoms with Crippen LogP contribution in [-0.4, -0.2) is 26.3 Å². The number of nitrogens with two attached hydrogens (primary N) is 1. The molecule has 0 fully saturated rings. The fraction of sp³-hybridized carbons (Fsp3) is 0.222. The summed E-state index contributed by atoms with van der Waals surface area (Å²) in [5.41, 5.74) is 5.46. The first-order valence-corrected chi connectivity index (χ1v) is 5.13. The first kappa shape index (κ1) is 10.7. The predicted molar refractivity (Wildman–Crippen MR) is 62.2 cm³/mol. The highest BCUT2D eigenvalue weighted by Gasteiger charge is 2.02. The Morgan fingerprint density at radius 2 is 2.38 bits per heavy atom. The van der Waals surface area contributed by atoms with E-state index in [4.69, 9.17) is 17.3 Å². The molecule has 0 aliphatic carbocycles. The monoisotopic (exact) mass is 238 g/mol. The molecule has 0 amide bonds. The fourth-order valence-corrected chi connectivity index (χ4v) is 1.38. The van der Waals surface area contributed by atoms with Gasteiger partial charge < -0.3 is 11.1 Å². The van der Waals surface area contributed by atoms with Crippen molar-refractivity contribution >= 4 is 23.4 Å². The summed E-state index contributed by atoms with van der Waals surface area (Å²) >= 11 is 5.89. The van der Waals surface area contributed by atoms with Gasteiger partial charge in [-0.05, 0) is 6.07 Å². The van der Waals surface area contributed by atoms with E-state index in [9.17, 15) is 0 Å². The van der Waals surface area contributed by atoms with Crippen LogP contribution in [0.2, 0.25) is 5.02 Å². The molecule has 2 aromatic rings. The number of anilines is 2. The molecule has 7 heteroatoms. The van der Waals surface area contributed by atoms with Gasteiger partial charge in [0.25, 0.3) is 0 Å². The third-order valence-electron chi connectivity index (χ3n) is 1.96. The fourth-order valence-electron chi connectivity index (χ4n) is 1.23. The van der Waals surface area contributed by atoms with Crippen molar-refractivity contribution in [1.29, 1.82) is 0 Å². The number of rotatable bonds is 4. The van der Waals surface area contributed by atoms with Crippen LogP contribution in [-0.2, 0) is 6.54 Å². The maximum Gasteiger partial charge on any atom is 0.222 e. The summed E-state index contributed by atoms with van der Waals surface area (Å²) in [6, 6.07) is 1.87. The van der Waals surface area contributed by atoms with E-state index in [0.29, 0.717) is 17.4 Å². The predicted octanol–water partition coefficient (Wildman–Crippen LogP) is 1.02. The number of aromatic nitrogens is 4. The third-order valence-corrected chi connectivity index (χ3v) is 2.23. The number of hydrogen-bond donors (Lipinski definition) is 2. The van der Waals surface area contributed by atoms with Crippen molar-refractivity contribution in [2.24, 2.45) is 0 Å². The molecule has 6 nitrogen and oxygen atoms in total. The molecule has 0 unspecified atom stereocenters. The van der Waals surface area contributed by atoms with Gasteiger partial charge in [0.1, 0.15) is 5.02 Å². The second-order valence-electron chi connectivity index (χ2n) is 3.12. The van der Waals surface area contributed by atoms with Crippen molar-refractivity contribution in [1.82, 2.24) is 19.7 Å². The van der Waals surface area contributed by atoms with Crippen LogP contribution in [0.3, 0.4) is 0 Å². The Labute approximate surface area is 97.5 Å². The first-order chi connectivity index (χ1) is 7.75. The van der Waals surface area contributed by atoms with Gasteiger partial charge in [0.2, 0.25) is 5.95 Å².